The zero-order chi connectivity index (χ0) is 16.1. The zero-order valence-electron chi connectivity index (χ0n) is 12.8. The fourth-order valence-corrected chi connectivity index (χ4v) is 2.02. The highest BCUT2D eigenvalue weighted by molar-refractivity contribution is 6.04. The molecule has 2 N–H and O–H groups in total. The maximum absolute atomic E-state index is 12.3. The lowest BCUT2D eigenvalue weighted by Crippen LogP contribution is -2.12. The predicted octanol–water partition coefficient (Wildman–Crippen LogP) is 3.01. The molecule has 0 aromatic heterocycles. The monoisotopic (exact) mass is 301 g/mol. The summed E-state index contributed by atoms with van der Waals surface area (Å²) in [6.07, 6.45) is -0.589. The van der Waals surface area contributed by atoms with Crippen LogP contribution in [0.5, 0.6) is 11.5 Å². The fourth-order valence-electron chi connectivity index (χ4n) is 2.02. The summed E-state index contributed by atoms with van der Waals surface area (Å²) in [4.78, 5) is 12.3. The molecule has 5 heteroatoms. The Morgan fingerprint density at radius 3 is 2.27 bits per heavy atom. The predicted molar refractivity (Wildman–Crippen MR) is 84.6 cm³/mol. The lowest BCUT2D eigenvalue weighted by molar-refractivity contribution is 0.102. The number of nitrogens with one attached hydrogen (secondary N) is 1. The summed E-state index contributed by atoms with van der Waals surface area (Å²) in [6.45, 7) is 1.67. The molecule has 0 unspecified atom stereocenters. The summed E-state index contributed by atoms with van der Waals surface area (Å²) in [7, 11) is 3.06. The number of anilines is 1. The molecule has 0 bridgehead atoms. The van der Waals surface area contributed by atoms with Gasteiger partial charge in [0.05, 0.1) is 20.3 Å². The Labute approximate surface area is 129 Å². The molecule has 0 saturated carbocycles. The third-order valence-electron chi connectivity index (χ3n) is 3.24. The molecular weight excluding hydrogens is 282 g/mol. The summed E-state index contributed by atoms with van der Waals surface area (Å²) < 4.78 is 10.3. The van der Waals surface area contributed by atoms with E-state index in [2.05, 4.69) is 5.32 Å². The Morgan fingerprint density at radius 1 is 1.09 bits per heavy atom. The van der Waals surface area contributed by atoms with E-state index in [-0.39, 0.29) is 5.91 Å². The Hall–Kier alpha value is -2.53. The molecule has 1 amide bonds. The Kier molecular flexibility index (Phi) is 5.01. The largest absolute Gasteiger partial charge is 0.497 e. The third kappa shape index (κ3) is 3.77. The highest BCUT2D eigenvalue weighted by atomic mass is 16.5. The normalized spacial score (nSPS) is 11.6. The van der Waals surface area contributed by atoms with Gasteiger partial charge < -0.3 is 19.9 Å². The molecule has 0 aliphatic carbocycles. The standard InChI is InChI=1S/C17H19NO4/c1-11(19)12-5-4-6-14(7-12)18-17(20)13-8-15(21-2)10-16(9-13)22-3/h4-11,19H,1-3H3,(H,18,20)/t11-/m0/s1. The maximum atomic E-state index is 12.3. The van der Waals surface area contributed by atoms with Gasteiger partial charge in [0.15, 0.2) is 0 Å². The van der Waals surface area contributed by atoms with E-state index in [0.717, 1.165) is 5.56 Å². The first kappa shape index (κ1) is 15.9. The van der Waals surface area contributed by atoms with Crippen LogP contribution in [0.15, 0.2) is 42.5 Å². The van der Waals surface area contributed by atoms with Crippen LogP contribution in [0.4, 0.5) is 5.69 Å². The van der Waals surface area contributed by atoms with E-state index in [1.165, 1.54) is 14.2 Å². The first-order valence-corrected chi connectivity index (χ1v) is 6.86. The number of ether oxygens (including phenoxy) is 2. The molecule has 22 heavy (non-hydrogen) atoms. The highest BCUT2D eigenvalue weighted by Crippen LogP contribution is 2.24. The zero-order valence-corrected chi connectivity index (χ0v) is 12.8. The van der Waals surface area contributed by atoms with E-state index in [4.69, 9.17) is 9.47 Å². The molecular formula is C17H19NO4. The van der Waals surface area contributed by atoms with Crippen molar-refractivity contribution in [2.75, 3.05) is 19.5 Å². The van der Waals surface area contributed by atoms with Gasteiger partial charge in [0.25, 0.3) is 5.91 Å². The van der Waals surface area contributed by atoms with Crippen molar-refractivity contribution in [3.63, 3.8) is 0 Å². The van der Waals surface area contributed by atoms with Crippen LogP contribution in [0.1, 0.15) is 28.9 Å². The van der Waals surface area contributed by atoms with Crippen LogP contribution in [-0.2, 0) is 0 Å². The maximum Gasteiger partial charge on any atom is 0.255 e. The van der Waals surface area contributed by atoms with Crippen molar-refractivity contribution in [2.24, 2.45) is 0 Å². The van der Waals surface area contributed by atoms with Crippen LogP contribution in [0, 0.1) is 0 Å². The van der Waals surface area contributed by atoms with E-state index in [9.17, 15) is 9.90 Å². The van der Waals surface area contributed by atoms with Crippen LogP contribution in [0.2, 0.25) is 0 Å². The number of carbonyl (C=O) groups excluding carboxylic acids is 1. The first-order valence-electron chi connectivity index (χ1n) is 6.86. The van der Waals surface area contributed by atoms with Gasteiger partial charge in [0.1, 0.15) is 11.5 Å². The van der Waals surface area contributed by atoms with Gasteiger partial charge in [0, 0.05) is 17.3 Å². The van der Waals surface area contributed by atoms with Crippen LogP contribution in [0.25, 0.3) is 0 Å². The lowest BCUT2D eigenvalue weighted by Gasteiger charge is -2.11. The van der Waals surface area contributed by atoms with Crippen LogP contribution in [0.3, 0.4) is 0 Å². The first-order chi connectivity index (χ1) is 10.5. The summed E-state index contributed by atoms with van der Waals surface area (Å²) in [5.41, 5.74) is 1.78. The molecule has 0 spiro atoms. The second kappa shape index (κ2) is 6.95. The molecule has 116 valence electrons. The number of hydrogen-bond acceptors (Lipinski definition) is 4. The molecule has 0 aliphatic heterocycles. The van der Waals surface area contributed by atoms with Gasteiger partial charge in [-0.05, 0) is 36.8 Å². The molecule has 2 aromatic carbocycles. The van der Waals surface area contributed by atoms with Gasteiger partial charge in [0.2, 0.25) is 0 Å². The van der Waals surface area contributed by atoms with Gasteiger partial charge in [-0.25, -0.2) is 0 Å². The molecule has 2 rings (SSSR count). The van der Waals surface area contributed by atoms with Crippen molar-refractivity contribution in [1.29, 1.82) is 0 Å². The lowest BCUT2D eigenvalue weighted by atomic mass is 10.1. The second-order valence-electron chi connectivity index (χ2n) is 4.86. The van der Waals surface area contributed by atoms with Crippen molar-refractivity contribution in [3.05, 3.63) is 53.6 Å². The number of methoxy groups -OCH3 is 2. The average Bonchev–Trinajstić information content (AvgIpc) is 2.54. The summed E-state index contributed by atoms with van der Waals surface area (Å²) in [5.74, 6) is 0.810. The number of aliphatic hydroxyl groups excluding tert-OH is 1. The minimum absolute atomic E-state index is 0.278. The summed E-state index contributed by atoms with van der Waals surface area (Å²) in [6, 6.07) is 12.1. The van der Waals surface area contributed by atoms with Crippen molar-refractivity contribution >= 4 is 11.6 Å². The smallest absolute Gasteiger partial charge is 0.255 e. The van der Waals surface area contributed by atoms with Crippen molar-refractivity contribution in [3.8, 4) is 11.5 Å². The van der Waals surface area contributed by atoms with Gasteiger partial charge in [-0.15, -0.1) is 0 Å². The van der Waals surface area contributed by atoms with Crippen LogP contribution < -0.4 is 14.8 Å². The second-order valence-corrected chi connectivity index (χ2v) is 4.86. The van der Waals surface area contributed by atoms with E-state index in [1.54, 1.807) is 49.4 Å². The Morgan fingerprint density at radius 2 is 1.73 bits per heavy atom. The van der Waals surface area contributed by atoms with Gasteiger partial charge >= 0.3 is 0 Å². The molecule has 2 aromatic rings. The van der Waals surface area contributed by atoms with E-state index in [1.807, 2.05) is 0 Å². The van der Waals surface area contributed by atoms with Crippen molar-refractivity contribution in [1.82, 2.24) is 0 Å². The minimum Gasteiger partial charge on any atom is -0.497 e. The number of aliphatic hydroxyl groups is 1. The van der Waals surface area contributed by atoms with E-state index in [0.29, 0.717) is 22.7 Å². The molecule has 1 atom stereocenters. The van der Waals surface area contributed by atoms with E-state index >= 15 is 0 Å². The number of benzene rings is 2. The average molecular weight is 301 g/mol. The number of amides is 1. The molecule has 0 saturated heterocycles. The third-order valence-corrected chi connectivity index (χ3v) is 3.24. The molecule has 0 fully saturated rings. The van der Waals surface area contributed by atoms with Gasteiger partial charge in [-0.1, -0.05) is 12.1 Å². The van der Waals surface area contributed by atoms with Crippen LogP contribution >= 0.6 is 0 Å². The number of carbonyl (C=O) groups is 1. The van der Waals surface area contributed by atoms with Gasteiger partial charge in [-0.3, -0.25) is 4.79 Å². The van der Waals surface area contributed by atoms with Gasteiger partial charge in [-0.2, -0.15) is 0 Å². The molecule has 0 aliphatic rings. The SMILES string of the molecule is COc1cc(OC)cc(C(=O)Nc2cccc([C@H](C)O)c2)c1. The summed E-state index contributed by atoms with van der Waals surface area (Å²) >= 11 is 0. The molecule has 0 heterocycles. The van der Waals surface area contributed by atoms with Crippen LogP contribution in [-0.4, -0.2) is 25.2 Å². The molecule has 5 nitrogen and oxygen atoms in total. The van der Waals surface area contributed by atoms with Crippen molar-refractivity contribution in [2.45, 2.75) is 13.0 Å². The quantitative estimate of drug-likeness (QED) is 0.891. The molecule has 0 radical (unpaired) electrons. The topological polar surface area (TPSA) is 67.8 Å². The summed E-state index contributed by atoms with van der Waals surface area (Å²) in [5, 5.41) is 12.4. The minimum atomic E-state index is -0.589. The van der Waals surface area contributed by atoms with Crippen molar-refractivity contribution < 1.29 is 19.4 Å². The Balaban J connectivity index is 2.23. The Bertz CT molecular complexity index is 645. The highest BCUT2D eigenvalue weighted by Gasteiger charge is 2.11. The van der Waals surface area contributed by atoms with E-state index < -0.39 is 6.10 Å². The number of rotatable bonds is 5. The fraction of sp³-hybridized carbons (Fsp3) is 0.235. The number of hydrogen-bond donors (Lipinski definition) is 2.